The number of nitrogens with zero attached hydrogens (tertiary/aromatic N) is 5. The number of nitrogens with two attached hydrogens (primary N) is 2. The van der Waals surface area contributed by atoms with E-state index in [0.29, 0.717) is 11.4 Å². The molecule has 4 atom stereocenters. The van der Waals surface area contributed by atoms with Gasteiger partial charge in [0.15, 0.2) is 23.3 Å². The summed E-state index contributed by atoms with van der Waals surface area (Å²) in [7, 11) is 0. The van der Waals surface area contributed by atoms with Crippen LogP contribution in [0.1, 0.15) is 52.4 Å². The summed E-state index contributed by atoms with van der Waals surface area (Å²) in [5.74, 6) is -3.30. The predicted octanol–water partition coefficient (Wildman–Crippen LogP) is -1.91. The highest BCUT2D eigenvalue weighted by Crippen LogP contribution is 2.45. The number of rotatable bonds is 5. The van der Waals surface area contributed by atoms with Crippen molar-refractivity contribution < 1.29 is 24.5 Å². The molecule has 15 nitrogen and oxygen atoms in total. The van der Waals surface area contributed by atoms with Crippen LogP contribution in [0.4, 0.5) is 0 Å². The number of nitrogens with one attached hydrogen (secondary N) is 3. The maximum Gasteiger partial charge on any atom is 0.271 e. The van der Waals surface area contributed by atoms with E-state index in [4.69, 9.17) is 16.2 Å². The average molecular weight is 579 g/mol. The minimum absolute atomic E-state index is 0.0376. The van der Waals surface area contributed by atoms with Crippen molar-refractivity contribution in [3.8, 4) is 5.75 Å². The summed E-state index contributed by atoms with van der Waals surface area (Å²) in [5, 5.41) is 39.6. The van der Waals surface area contributed by atoms with E-state index in [1.165, 1.54) is 4.90 Å². The van der Waals surface area contributed by atoms with Crippen molar-refractivity contribution in [2.24, 2.45) is 21.5 Å². The average Bonchev–Trinajstić information content (AvgIpc) is 3.40. The molecule has 4 aliphatic heterocycles. The number of ether oxygens (including phenoxy) is 1. The fourth-order valence-corrected chi connectivity index (χ4v) is 6.14. The second kappa shape index (κ2) is 9.52. The molecule has 0 bridgehead atoms. The first-order chi connectivity index (χ1) is 19.8. The van der Waals surface area contributed by atoms with Crippen LogP contribution in [0, 0.1) is 6.92 Å². The summed E-state index contributed by atoms with van der Waals surface area (Å²) in [6, 6.07) is 5.46. The Balaban J connectivity index is 1.25. The van der Waals surface area contributed by atoms with E-state index < -0.39 is 47.0 Å². The van der Waals surface area contributed by atoms with E-state index in [1.807, 2.05) is 19.9 Å². The first-order valence-electron chi connectivity index (χ1n) is 13.7. The van der Waals surface area contributed by atoms with Crippen LogP contribution in [-0.2, 0) is 6.42 Å². The fraction of sp³-hybridized carbons (Fsp3) is 0.481. The molecule has 9 N–H and O–H groups in total. The molecule has 1 spiro atoms. The minimum atomic E-state index is -2.63. The van der Waals surface area contributed by atoms with Gasteiger partial charge in [-0.1, -0.05) is 12.1 Å². The van der Waals surface area contributed by atoms with Crippen molar-refractivity contribution in [3.63, 3.8) is 0 Å². The van der Waals surface area contributed by atoms with E-state index in [0.717, 1.165) is 18.4 Å². The summed E-state index contributed by atoms with van der Waals surface area (Å²) in [6.45, 7) is 5.49. The second-order valence-corrected chi connectivity index (χ2v) is 11.7. The van der Waals surface area contributed by atoms with Gasteiger partial charge in [0.1, 0.15) is 23.4 Å². The second-order valence-electron chi connectivity index (χ2n) is 11.7. The number of aliphatic hydroxyl groups is 2. The van der Waals surface area contributed by atoms with Gasteiger partial charge in [0.05, 0.1) is 17.3 Å². The van der Waals surface area contributed by atoms with E-state index in [-0.39, 0.29) is 36.3 Å². The lowest BCUT2D eigenvalue weighted by Gasteiger charge is -2.49. The highest BCUT2D eigenvalue weighted by atomic mass is 16.5. The number of carbonyl (C=O) groups is 2. The number of carbonyl (C=O) groups excluding carboxylic acids is 2. The smallest absolute Gasteiger partial charge is 0.271 e. The Labute approximate surface area is 241 Å². The topological polar surface area (TPSA) is 226 Å². The Bertz CT molecular complexity index is 1510. The summed E-state index contributed by atoms with van der Waals surface area (Å²) in [4.78, 5) is 36.6. The number of fused-ring (bicyclic) bond motifs is 1. The van der Waals surface area contributed by atoms with Crippen molar-refractivity contribution in [1.82, 2.24) is 31.0 Å². The number of hydrogen-bond acceptors (Lipinski definition) is 13. The summed E-state index contributed by atoms with van der Waals surface area (Å²) in [6.07, 6.45) is 1.55. The molecule has 1 saturated heterocycles. The molecule has 2 aromatic rings. The Morgan fingerprint density at radius 2 is 1.93 bits per heavy atom. The highest BCUT2D eigenvalue weighted by Gasteiger charge is 2.73. The molecule has 1 aromatic carbocycles. The minimum Gasteiger partial charge on any atom is -0.487 e. The Morgan fingerprint density at radius 1 is 1.14 bits per heavy atom. The molecule has 42 heavy (non-hydrogen) atoms. The van der Waals surface area contributed by atoms with Gasteiger partial charge in [-0.3, -0.25) is 9.59 Å². The van der Waals surface area contributed by atoms with Gasteiger partial charge in [0, 0.05) is 13.1 Å². The van der Waals surface area contributed by atoms with Crippen LogP contribution < -0.4 is 32.2 Å². The number of aryl methyl sites for hydroxylation is 2. The largest absolute Gasteiger partial charge is 0.487 e. The molecule has 4 aliphatic rings. The Morgan fingerprint density at radius 3 is 2.67 bits per heavy atom. The lowest BCUT2D eigenvalue weighted by molar-refractivity contribution is -0.230. The predicted molar refractivity (Wildman–Crippen MR) is 150 cm³/mol. The van der Waals surface area contributed by atoms with Crippen molar-refractivity contribution in [2.75, 3.05) is 13.1 Å². The molecule has 2 amide bonds. The van der Waals surface area contributed by atoms with E-state index in [2.05, 4.69) is 36.1 Å². The first kappa shape index (κ1) is 27.7. The van der Waals surface area contributed by atoms with Gasteiger partial charge in [-0.25, -0.2) is 9.98 Å². The maximum absolute atomic E-state index is 13.6. The zero-order valence-corrected chi connectivity index (χ0v) is 23.5. The van der Waals surface area contributed by atoms with Crippen LogP contribution in [0.3, 0.4) is 0 Å². The Hall–Kier alpha value is -4.50. The van der Waals surface area contributed by atoms with Gasteiger partial charge in [-0.15, -0.1) is 5.10 Å². The number of aromatic nitrogens is 2. The third kappa shape index (κ3) is 4.27. The van der Waals surface area contributed by atoms with Gasteiger partial charge >= 0.3 is 0 Å². The van der Waals surface area contributed by atoms with Crippen LogP contribution in [0.2, 0.25) is 0 Å². The normalized spacial score (nSPS) is 28.2. The molecular formula is C27H34N10O5. The van der Waals surface area contributed by atoms with Gasteiger partial charge in [0.25, 0.3) is 11.8 Å². The molecule has 0 aliphatic carbocycles. The zero-order valence-electron chi connectivity index (χ0n) is 23.5. The molecular weight excluding hydrogens is 544 g/mol. The summed E-state index contributed by atoms with van der Waals surface area (Å²) >= 11 is 0. The van der Waals surface area contributed by atoms with Crippen molar-refractivity contribution >= 4 is 23.7 Å². The third-order valence-corrected chi connectivity index (χ3v) is 8.33. The standard InChI is InChI=1S/C27H34N10O5/c1-13-7-8-16(36-35-13)22(39)30-11-17-20-26(34-23(28)33-20)27(40,41)18(12-37(26)24(29)31-17)32-21(38)15-6-4-5-14-9-10-25(2,3)42-19(14)15/h4-8,17-18,20,40-41H,9-12H2,1-3H3,(H2,29,31)(H,30,39)(H,32,38)(H3,28,33,34)/t17-,18-,20?,26-/m0/s1. The molecule has 222 valence electrons. The SMILES string of the molecule is Cc1ccc(C(=O)NC[C@@H]2N=C(N)N3C[C@H](NC(=O)c4cccc5c4OC(C)(C)CC5)C(O)(O)[C@@]34NC(N)=NC24)nn1. The van der Waals surface area contributed by atoms with Crippen LogP contribution >= 0.6 is 0 Å². The summed E-state index contributed by atoms with van der Waals surface area (Å²) < 4.78 is 6.15. The quantitative estimate of drug-likeness (QED) is 0.194. The van der Waals surface area contributed by atoms with Gasteiger partial charge in [0.2, 0.25) is 5.79 Å². The third-order valence-electron chi connectivity index (χ3n) is 8.33. The molecule has 1 fully saturated rings. The summed E-state index contributed by atoms with van der Waals surface area (Å²) in [5.41, 5.74) is 12.1. The monoisotopic (exact) mass is 578 g/mol. The van der Waals surface area contributed by atoms with Crippen molar-refractivity contribution in [1.29, 1.82) is 0 Å². The molecule has 0 saturated carbocycles. The van der Waals surface area contributed by atoms with E-state index in [9.17, 15) is 19.8 Å². The molecule has 5 heterocycles. The van der Waals surface area contributed by atoms with Crippen LogP contribution in [0.5, 0.6) is 5.75 Å². The number of guanidine groups is 2. The molecule has 1 unspecified atom stereocenters. The molecule has 15 heteroatoms. The number of para-hydroxylation sites is 1. The lowest BCUT2D eigenvalue weighted by Crippen LogP contribution is -2.78. The van der Waals surface area contributed by atoms with Crippen molar-refractivity contribution in [2.45, 2.75) is 68.8 Å². The van der Waals surface area contributed by atoms with Gasteiger partial charge in [-0.05, 0) is 57.4 Å². The fourth-order valence-electron chi connectivity index (χ4n) is 6.14. The lowest BCUT2D eigenvalue weighted by atomic mass is 9.85. The Kier molecular flexibility index (Phi) is 6.27. The number of aliphatic imine (C=N–C) groups is 2. The van der Waals surface area contributed by atoms with Gasteiger partial charge in [-0.2, -0.15) is 5.10 Å². The highest BCUT2D eigenvalue weighted by molar-refractivity contribution is 5.98. The van der Waals surface area contributed by atoms with Crippen molar-refractivity contribution in [3.05, 3.63) is 52.8 Å². The zero-order chi connectivity index (χ0) is 30.0. The van der Waals surface area contributed by atoms with Crippen LogP contribution in [0.15, 0.2) is 40.3 Å². The van der Waals surface area contributed by atoms with E-state index in [1.54, 1.807) is 31.2 Å². The van der Waals surface area contributed by atoms with Gasteiger partial charge < -0.3 is 47.3 Å². The molecule has 6 rings (SSSR count). The van der Waals surface area contributed by atoms with Crippen LogP contribution in [-0.4, -0.2) is 97.3 Å². The maximum atomic E-state index is 13.6. The first-order valence-corrected chi connectivity index (χ1v) is 13.7. The molecule has 0 radical (unpaired) electrons. The number of hydrogen-bond donors (Lipinski definition) is 7. The number of amides is 2. The molecule has 1 aromatic heterocycles. The van der Waals surface area contributed by atoms with Crippen LogP contribution in [0.25, 0.3) is 0 Å². The number of benzene rings is 1. The van der Waals surface area contributed by atoms with E-state index >= 15 is 0 Å².